The fourth-order valence-electron chi connectivity index (χ4n) is 3.37. The van der Waals surface area contributed by atoms with Gasteiger partial charge in [-0.1, -0.05) is 42.5 Å². The van der Waals surface area contributed by atoms with Crippen molar-refractivity contribution in [2.24, 2.45) is 5.92 Å². The molecule has 1 saturated carbocycles. The maximum absolute atomic E-state index is 12.4. The van der Waals surface area contributed by atoms with Crippen molar-refractivity contribution < 1.29 is 4.79 Å². The number of amides is 1. The third-order valence-electron chi connectivity index (χ3n) is 5.08. The van der Waals surface area contributed by atoms with Crippen LogP contribution in [0.1, 0.15) is 37.8 Å². The van der Waals surface area contributed by atoms with E-state index in [1.54, 1.807) is 6.20 Å². The highest BCUT2D eigenvalue weighted by Gasteiger charge is 2.30. The third kappa shape index (κ3) is 3.58. The van der Waals surface area contributed by atoms with Gasteiger partial charge in [0.15, 0.2) is 0 Å². The minimum Gasteiger partial charge on any atom is -0.311 e. The van der Waals surface area contributed by atoms with Crippen molar-refractivity contribution in [2.45, 2.75) is 38.6 Å². The largest absolute Gasteiger partial charge is 0.311 e. The van der Waals surface area contributed by atoms with Crippen molar-refractivity contribution in [1.82, 2.24) is 9.78 Å². The summed E-state index contributed by atoms with van der Waals surface area (Å²) in [5, 5.41) is 9.86. The molecule has 3 aromatic rings. The number of nitrogens with zero attached hydrogens (tertiary/aromatic N) is 2. The Morgan fingerprint density at radius 2 is 2.00 bits per heavy atom. The molecular weight excluding hydrogens is 310 g/mol. The fraction of sp³-hybridized carbons (Fsp3) is 0.333. The van der Waals surface area contributed by atoms with E-state index in [4.69, 9.17) is 0 Å². The van der Waals surface area contributed by atoms with Gasteiger partial charge in [-0.3, -0.25) is 4.79 Å². The Labute approximate surface area is 147 Å². The van der Waals surface area contributed by atoms with Gasteiger partial charge in [-0.25, -0.2) is 4.68 Å². The zero-order chi connectivity index (χ0) is 17.2. The van der Waals surface area contributed by atoms with Crippen LogP contribution in [0, 0.1) is 5.92 Å². The van der Waals surface area contributed by atoms with E-state index in [-0.39, 0.29) is 5.91 Å². The minimum absolute atomic E-state index is 0.0397. The number of hydrogen-bond acceptors (Lipinski definition) is 2. The van der Waals surface area contributed by atoms with Crippen molar-refractivity contribution >= 4 is 22.5 Å². The summed E-state index contributed by atoms with van der Waals surface area (Å²) in [7, 11) is 0. The molecule has 0 bridgehead atoms. The number of rotatable bonds is 6. The second-order valence-corrected chi connectivity index (χ2v) is 6.97. The van der Waals surface area contributed by atoms with E-state index in [0.29, 0.717) is 18.4 Å². The highest BCUT2D eigenvalue weighted by molar-refractivity contribution is 5.90. The zero-order valence-corrected chi connectivity index (χ0v) is 14.5. The zero-order valence-electron chi connectivity index (χ0n) is 14.5. The average Bonchev–Trinajstić information content (AvgIpc) is 3.39. The van der Waals surface area contributed by atoms with E-state index in [1.807, 2.05) is 22.9 Å². The van der Waals surface area contributed by atoms with Gasteiger partial charge in [-0.05, 0) is 48.4 Å². The van der Waals surface area contributed by atoms with Gasteiger partial charge in [-0.15, -0.1) is 0 Å². The Morgan fingerprint density at radius 1 is 1.20 bits per heavy atom. The van der Waals surface area contributed by atoms with E-state index in [0.717, 1.165) is 12.2 Å². The summed E-state index contributed by atoms with van der Waals surface area (Å²) in [5.41, 5.74) is 1.19. The number of carbonyl (C=O) groups is 1. The van der Waals surface area contributed by atoms with Gasteiger partial charge < -0.3 is 5.32 Å². The van der Waals surface area contributed by atoms with Crippen LogP contribution in [0.25, 0.3) is 10.8 Å². The first-order valence-corrected chi connectivity index (χ1v) is 9.02. The van der Waals surface area contributed by atoms with Gasteiger partial charge in [0, 0.05) is 12.5 Å². The van der Waals surface area contributed by atoms with Crippen molar-refractivity contribution in [3.8, 4) is 0 Å². The SMILES string of the molecule is CC(C1CC1)n1nccc1NC(=O)CCc1ccc2ccccc2c1. The quantitative estimate of drug-likeness (QED) is 0.718. The summed E-state index contributed by atoms with van der Waals surface area (Å²) < 4.78 is 1.95. The van der Waals surface area contributed by atoms with Crippen LogP contribution in [0.5, 0.6) is 0 Å². The Hall–Kier alpha value is -2.62. The number of benzene rings is 2. The van der Waals surface area contributed by atoms with Crippen molar-refractivity contribution in [1.29, 1.82) is 0 Å². The lowest BCUT2D eigenvalue weighted by Crippen LogP contribution is -2.18. The van der Waals surface area contributed by atoms with Crippen LogP contribution in [-0.2, 0) is 11.2 Å². The summed E-state index contributed by atoms with van der Waals surface area (Å²) in [4.78, 5) is 12.4. The molecule has 1 heterocycles. The van der Waals surface area contributed by atoms with Crippen molar-refractivity contribution in [2.75, 3.05) is 5.32 Å². The van der Waals surface area contributed by atoms with Crippen LogP contribution < -0.4 is 5.32 Å². The van der Waals surface area contributed by atoms with E-state index < -0.39 is 0 Å². The van der Waals surface area contributed by atoms with Crippen molar-refractivity contribution in [3.05, 3.63) is 60.3 Å². The summed E-state index contributed by atoms with van der Waals surface area (Å²) in [6.45, 7) is 2.18. The normalized spacial score (nSPS) is 15.2. The van der Waals surface area contributed by atoms with Crippen LogP contribution in [-0.4, -0.2) is 15.7 Å². The second-order valence-electron chi connectivity index (χ2n) is 6.97. The van der Waals surface area contributed by atoms with Gasteiger partial charge >= 0.3 is 0 Å². The van der Waals surface area contributed by atoms with E-state index in [9.17, 15) is 4.79 Å². The van der Waals surface area contributed by atoms with E-state index >= 15 is 0 Å². The maximum atomic E-state index is 12.4. The molecule has 1 aromatic heterocycles. The molecule has 0 aliphatic heterocycles. The van der Waals surface area contributed by atoms with E-state index in [2.05, 4.69) is 47.7 Å². The van der Waals surface area contributed by atoms with Crippen LogP contribution in [0.4, 0.5) is 5.82 Å². The monoisotopic (exact) mass is 333 g/mol. The number of anilines is 1. The molecule has 0 saturated heterocycles. The Kier molecular flexibility index (Phi) is 4.26. The minimum atomic E-state index is 0.0397. The highest BCUT2D eigenvalue weighted by Crippen LogP contribution is 2.40. The van der Waals surface area contributed by atoms with Crippen LogP contribution in [0.15, 0.2) is 54.7 Å². The number of aromatic nitrogens is 2. The molecule has 1 fully saturated rings. The topological polar surface area (TPSA) is 46.9 Å². The molecule has 1 aliphatic carbocycles. The number of aryl methyl sites for hydroxylation is 1. The first-order chi connectivity index (χ1) is 12.2. The van der Waals surface area contributed by atoms with Gasteiger partial charge in [0.1, 0.15) is 5.82 Å². The number of nitrogens with one attached hydrogen (secondary N) is 1. The number of hydrogen-bond donors (Lipinski definition) is 1. The standard InChI is InChI=1S/C21H23N3O/c1-15(17-9-10-17)24-20(12-13-22-24)23-21(25)11-7-16-6-8-18-4-2-3-5-19(18)14-16/h2-6,8,12-15,17H,7,9-11H2,1H3,(H,23,25). The third-order valence-corrected chi connectivity index (χ3v) is 5.08. The molecule has 1 aliphatic rings. The lowest BCUT2D eigenvalue weighted by molar-refractivity contribution is -0.116. The molecule has 4 nitrogen and oxygen atoms in total. The Morgan fingerprint density at radius 3 is 2.80 bits per heavy atom. The summed E-state index contributed by atoms with van der Waals surface area (Å²) in [6.07, 6.45) is 5.49. The first kappa shape index (κ1) is 15.9. The smallest absolute Gasteiger partial charge is 0.225 e. The number of fused-ring (bicyclic) bond motifs is 1. The predicted molar refractivity (Wildman–Crippen MR) is 101 cm³/mol. The summed E-state index contributed by atoms with van der Waals surface area (Å²) in [5.74, 6) is 1.55. The molecule has 4 rings (SSSR count). The molecule has 128 valence electrons. The average molecular weight is 333 g/mol. The van der Waals surface area contributed by atoms with Gasteiger partial charge in [0.2, 0.25) is 5.91 Å². The summed E-state index contributed by atoms with van der Waals surface area (Å²) in [6, 6.07) is 16.9. The Bertz CT molecular complexity index is 895. The van der Waals surface area contributed by atoms with E-state index in [1.165, 1.54) is 29.2 Å². The van der Waals surface area contributed by atoms with Crippen molar-refractivity contribution in [3.63, 3.8) is 0 Å². The molecule has 0 spiro atoms. The molecule has 0 radical (unpaired) electrons. The number of carbonyl (C=O) groups excluding carboxylic acids is 1. The molecule has 1 N–H and O–H groups in total. The first-order valence-electron chi connectivity index (χ1n) is 9.02. The molecule has 1 atom stereocenters. The second kappa shape index (κ2) is 6.71. The van der Waals surface area contributed by atoms with Gasteiger partial charge in [0.25, 0.3) is 0 Å². The fourth-order valence-corrected chi connectivity index (χ4v) is 3.37. The Balaban J connectivity index is 1.38. The molecular formula is C21H23N3O. The summed E-state index contributed by atoms with van der Waals surface area (Å²) >= 11 is 0. The molecule has 1 amide bonds. The van der Waals surface area contributed by atoms with Crippen LogP contribution in [0.2, 0.25) is 0 Å². The lowest BCUT2D eigenvalue weighted by Gasteiger charge is -2.15. The molecule has 25 heavy (non-hydrogen) atoms. The molecule has 1 unspecified atom stereocenters. The molecule has 4 heteroatoms. The lowest BCUT2D eigenvalue weighted by atomic mass is 10.0. The maximum Gasteiger partial charge on any atom is 0.225 e. The van der Waals surface area contributed by atoms with Crippen LogP contribution >= 0.6 is 0 Å². The predicted octanol–water partition coefficient (Wildman–Crippen LogP) is 4.58. The van der Waals surface area contributed by atoms with Crippen LogP contribution in [0.3, 0.4) is 0 Å². The highest BCUT2D eigenvalue weighted by atomic mass is 16.1. The molecule has 2 aromatic carbocycles. The van der Waals surface area contributed by atoms with Gasteiger partial charge in [-0.2, -0.15) is 5.10 Å². The van der Waals surface area contributed by atoms with Gasteiger partial charge in [0.05, 0.1) is 12.2 Å².